The molecule has 1 aliphatic rings. The van der Waals surface area contributed by atoms with E-state index in [0.29, 0.717) is 13.0 Å². The molecule has 1 heterocycles. The first kappa shape index (κ1) is 8.69. The van der Waals surface area contributed by atoms with Crippen molar-refractivity contribution >= 4 is 15.9 Å². The summed E-state index contributed by atoms with van der Waals surface area (Å²) in [5.74, 6) is 0.777. The van der Waals surface area contributed by atoms with Gasteiger partial charge >= 0.3 is 0 Å². The van der Waals surface area contributed by atoms with Crippen LogP contribution in [0.25, 0.3) is 0 Å². The monoisotopic (exact) mass is 241 g/mol. The number of nitrogens with zero attached hydrogens (tertiary/aromatic N) is 1. The van der Waals surface area contributed by atoms with E-state index in [1.165, 1.54) is 0 Å². The van der Waals surface area contributed by atoms with E-state index in [1.807, 2.05) is 18.2 Å². The molecule has 4 heteroatoms. The summed E-state index contributed by atoms with van der Waals surface area (Å²) in [5, 5.41) is 3.08. The summed E-state index contributed by atoms with van der Waals surface area (Å²) in [6, 6.07) is 5.39. The molecule has 0 fully saturated rings. The zero-order valence-electron chi connectivity index (χ0n) is 6.87. The Labute approximate surface area is 84.2 Å². The predicted molar refractivity (Wildman–Crippen MR) is 52.8 cm³/mol. The number of benzene rings is 1. The molecule has 1 aliphatic heterocycles. The van der Waals surface area contributed by atoms with Gasteiger partial charge in [0, 0.05) is 16.5 Å². The number of halogens is 1. The fourth-order valence-corrected chi connectivity index (χ4v) is 1.84. The van der Waals surface area contributed by atoms with Gasteiger partial charge in [-0.1, -0.05) is 21.1 Å². The quantitative estimate of drug-likeness (QED) is 0.710. The molecule has 0 amide bonds. The van der Waals surface area contributed by atoms with Gasteiger partial charge in [0.25, 0.3) is 0 Å². The minimum atomic E-state index is -0.249. The van der Waals surface area contributed by atoms with Gasteiger partial charge in [0.2, 0.25) is 0 Å². The summed E-state index contributed by atoms with van der Waals surface area (Å²) in [4.78, 5) is 10.5. The molecule has 0 N–H and O–H groups in total. The standard InChI is InChI=1S/C9H8BrNO2/c10-6-1-2-9-7(5-6)8(11-12)3-4-13-9/h1-2,5,8H,3-4H2. The van der Waals surface area contributed by atoms with Gasteiger partial charge in [-0.15, -0.1) is 0 Å². The van der Waals surface area contributed by atoms with Crippen LogP contribution in [-0.4, -0.2) is 6.61 Å². The van der Waals surface area contributed by atoms with Crippen LogP contribution in [0.5, 0.6) is 5.75 Å². The maximum absolute atomic E-state index is 10.5. The highest BCUT2D eigenvalue weighted by Gasteiger charge is 2.21. The van der Waals surface area contributed by atoms with E-state index >= 15 is 0 Å². The van der Waals surface area contributed by atoms with Crippen molar-refractivity contribution in [3.8, 4) is 5.75 Å². The summed E-state index contributed by atoms with van der Waals surface area (Å²) in [6.45, 7) is 0.574. The fraction of sp³-hybridized carbons (Fsp3) is 0.333. The van der Waals surface area contributed by atoms with E-state index in [2.05, 4.69) is 21.1 Å². The number of fused-ring (bicyclic) bond motifs is 1. The molecule has 0 aliphatic carbocycles. The van der Waals surface area contributed by atoms with E-state index in [9.17, 15) is 4.91 Å². The molecule has 1 atom stereocenters. The number of nitroso groups, excluding NO2 is 1. The van der Waals surface area contributed by atoms with Crippen molar-refractivity contribution in [2.24, 2.45) is 5.18 Å². The van der Waals surface area contributed by atoms with Crippen molar-refractivity contribution < 1.29 is 4.74 Å². The Hall–Kier alpha value is -0.900. The van der Waals surface area contributed by atoms with Crippen LogP contribution in [0.4, 0.5) is 0 Å². The Morgan fingerprint density at radius 2 is 2.38 bits per heavy atom. The number of rotatable bonds is 1. The summed E-state index contributed by atoms with van der Waals surface area (Å²) < 4.78 is 6.34. The van der Waals surface area contributed by atoms with Crippen LogP contribution in [0.1, 0.15) is 18.0 Å². The normalized spacial score (nSPS) is 20.2. The minimum absolute atomic E-state index is 0.249. The minimum Gasteiger partial charge on any atom is -0.493 e. The van der Waals surface area contributed by atoms with Gasteiger partial charge in [-0.25, -0.2) is 0 Å². The average molecular weight is 242 g/mol. The van der Waals surface area contributed by atoms with E-state index in [4.69, 9.17) is 4.74 Å². The molecule has 1 aromatic rings. The summed E-state index contributed by atoms with van der Waals surface area (Å²) in [5.41, 5.74) is 0.885. The van der Waals surface area contributed by atoms with Crippen molar-refractivity contribution in [2.45, 2.75) is 12.5 Å². The molecule has 0 bridgehead atoms. The fourth-order valence-electron chi connectivity index (χ4n) is 1.46. The topological polar surface area (TPSA) is 38.7 Å². The predicted octanol–water partition coefficient (Wildman–Crippen LogP) is 3.04. The van der Waals surface area contributed by atoms with Crippen molar-refractivity contribution in [1.29, 1.82) is 0 Å². The molecule has 1 aromatic carbocycles. The number of hydrogen-bond donors (Lipinski definition) is 0. The van der Waals surface area contributed by atoms with Gasteiger partial charge in [-0.05, 0) is 18.2 Å². The Morgan fingerprint density at radius 1 is 1.54 bits per heavy atom. The molecule has 0 spiro atoms. The SMILES string of the molecule is O=NC1CCOc2ccc(Br)cc21. The molecule has 13 heavy (non-hydrogen) atoms. The van der Waals surface area contributed by atoms with Crippen LogP contribution in [0.3, 0.4) is 0 Å². The second kappa shape index (κ2) is 3.46. The van der Waals surface area contributed by atoms with Crippen molar-refractivity contribution in [3.63, 3.8) is 0 Å². The Kier molecular flexibility index (Phi) is 2.31. The van der Waals surface area contributed by atoms with E-state index in [0.717, 1.165) is 15.8 Å². The highest BCUT2D eigenvalue weighted by molar-refractivity contribution is 9.10. The third-order valence-electron chi connectivity index (χ3n) is 2.11. The molecule has 0 saturated carbocycles. The first-order valence-corrected chi connectivity index (χ1v) is 4.85. The highest BCUT2D eigenvalue weighted by Crippen LogP contribution is 2.35. The lowest BCUT2D eigenvalue weighted by Gasteiger charge is -2.20. The third kappa shape index (κ3) is 1.58. The zero-order valence-corrected chi connectivity index (χ0v) is 8.45. The Morgan fingerprint density at radius 3 is 3.15 bits per heavy atom. The molecule has 3 nitrogen and oxygen atoms in total. The summed E-state index contributed by atoms with van der Waals surface area (Å²) in [7, 11) is 0. The molecule has 68 valence electrons. The van der Waals surface area contributed by atoms with Gasteiger partial charge in [0.05, 0.1) is 6.61 Å². The second-order valence-corrected chi connectivity index (χ2v) is 3.86. The summed E-state index contributed by atoms with van der Waals surface area (Å²) >= 11 is 3.35. The van der Waals surface area contributed by atoms with Gasteiger partial charge in [0.15, 0.2) is 0 Å². The van der Waals surface area contributed by atoms with Crippen LogP contribution in [0, 0.1) is 4.91 Å². The zero-order chi connectivity index (χ0) is 9.26. The van der Waals surface area contributed by atoms with Crippen molar-refractivity contribution in [2.75, 3.05) is 6.61 Å². The number of ether oxygens (including phenoxy) is 1. The van der Waals surface area contributed by atoms with Gasteiger partial charge in [-0.3, -0.25) is 0 Å². The van der Waals surface area contributed by atoms with Gasteiger partial charge in [-0.2, -0.15) is 4.91 Å². The molecule has 0 aromatic heterocycles. The molecule has 0 saturated heterocycles. The highest BCUT2D eigenvalue weighted by atomic mass is 79.9. The lowest BCUT2D eigenvalue weighted by molar-refractivity contribution is 0.269. The van der Waals surface area contributed by atoms with Gasteiger partial charge in [0.1, 0.15) is 11.8 Å². The average Bonchev–Trinajstić information content (AvgIpc) is 2.17. The Balaban J connectivity index is 2.47. The van der Waals surface area contributed by atoms with Crippen molar-refractivity contribution in [3.05, 3.63) is 33.1 Å². The van der Waals surface area contributed by atoms with E-state index < -0.39 is 0 Å². The molecule has 1 unspecified atom stereocenters. The van der Waals surface area contributed by atoms with E-state index in [1.54, 1.807) is 0 Å². The second-order valence-electron chi connectivity index (χ2n) is 2.94. The largest absolute Gasteiger partial charge is 0.493 e. The van der Waals surface area contributed by atoms with Crippen LogP contribution < -0.4 is 4.74 Å². The summed E-state index contributed by atoms with van der Waals surface area (Å²) in [6.07, 6.45) is 0.674. The van der Waals surface area contributed by atoms with Crippen molar-refractivity contribution in [1.82, 2.24) is 0 Å². The lowest BCUT2D eigenvalue weighted by Crippen LogP contribution is -2.12. The third-order valence-corrected chi connectivity index (χ3v) is 2.60. The first-order valence-electron chi connectivity index (χ1n) is 4.06. The lowest BCUT2D eigenvalue weighted by atomic mass is 10.0. The van der Waals surface area contributed by atoms with Crippen LogP contribution in [-0.2, 0) is 0 Å². The van der Waals surface area contributed by atoms with Crippen LogP contribution in [0.2, 0.25) is 0 Å². The van der Waals surface area contributed by atoms with Crippen LogP contribution in [0.15, 0.2) is 27.8 Å². The molecular formula is C9H8BrNO2. The smallest absolute Gasteiger partial charge is 0.124 e. The first-order chi connectivity index (χ1) is 6.31. The number of hydrogen-bond acceptors (Lipinski definition) is 3. The molecular weight excluding hydrogens is 234 g/mol. The maximum atomic E-state index is 10.5. The maximum Gasteiger partial charge on any atom is 0.124 e. The van der Waals surface area contributed by atoms with Gasteiger partial charge < -0.3 is 4.74 Å². The Bertz CT molecular complexity index is 340. The molecule has 0 radical (unpaired) electrons. The van der Waals surface area contributed by atoms with Crippen LogP contribution >= 0.6 is 15.9 Å². The molecule has 2 rings (SSSR count). The van der Waals surface area contributed by atoms with E-state index in [-0.39, 0.29) is 6.04 Å².